The molecule has 3 rings (SSSR count). The van der Waals surface area contributed by atoms with Crippen LogP contribution < -0.4 is 10.1 Å². The predicted octanol–water partition coefficient (Wildman–Crippen LogP) is 3.09. The lowest BCUT2D eigenvalue weighted by molar-refractivity contribution is 0.0879. The van der Waals surface area contributed by atoms with Gasteiger partial charge >= 0.3 is 0 Å². The number of hydrogen-bond acceptors (Lipinski definition) is 3. The fourth-order valence-corrected chi connectivity index (χ4v) is 2.32. The maximum atomic E-state index is 11.9. The number of benzene rings is 2. The first-order chi connectivity index (χ1) is 10.2. The van der Waals surface area contributed by atoms with E-state index in [2.05, 4.69) is 11.9 Å². The van der Waals surface area contributed by atoms with Gasteiger partial charge in [0.1, 0.15) is 11.5 Å². The van der Waals surface area contributed by atoms with Crippen LogP contribution in [0.25, 0.3) is 0 Å². The van der Waals surface area contributed by atoms with E-state index in [1.54, 1.807) is 24.3 Å². The Morgan fingerprint density at radius 3 is 2.57 bits per heavy atom. The van der Waals surface area contributed by atoms with E-state index in [0.717, 1.165) is 5.56 Å². The van der Waals surface area contributed by atoms with Crippen molar-refractivity contribution in [3.05, 3.63) is 71.8 Å². The fourth-order valence-electron chi connectivity index (χ4n) is 2.32. The first-order valence-electron chi connectivity index (χ1n) is 6.56. The molecular formula is C17H13NO3. The molecule has 0 bridgehead atoms. The van der Waals surface area contributed by atoms with E-state index in [1.165, 1.54) is 0 Å². The normalized spacial score (nSPS) is 12.8. The highest BCUT2D eigenvalue weighted by Gasteiger charge is 2.30. The van der Waals surface area contributed by atoms with Gasteiger partial charge in [0.2, 0.25) is 0 Å². The lowest BCUT2D eigenvalue weighted by Gasteiger charge is -2.11. The van der Waals surface area contributed by atoms with Crippen molar-refractivity contribution in [2.45, 2.75) is 6.42 Å². The Kier molecular flexibility index (Phi) is 3.28. The molecule has 2 amide bonds. The van der Waals surface area contributed by atoms with Crippen molar-refractivity contribution in [2.75, 3.05) is 0 Å². The van der Waals surface area contributed by atoms with E-state index in [1.807, 2.05) is 24.3 Å². The van der Waals surface area contributed by atoms with Crippen LogP contribution >= 0.6 is 0 Å². The number of fused-ring (bicyclic) bond motifs is 1. The number of hydrogen-bond donors (Lipinski definition) is 1. The molecule has 4 nitrogen and oxygen atoms in total. The summed E-state index contributed by atoms with van der Waals surface area (Å²) in [5.74, 6) is 0.219. The molecule has 104 valence electrons. The Morgan fingerprint density at radius 2 is 1.76 bits per heavy atom. The molecule has 2 aromatic rings. The number of imide groups is 1. The Hall–Kier alpha value is -2.88. The standard InChI is InChI=1S/C17H13NO3/c1-2-6-11-7-3-4-9-13(11)21-14-10-5-8-12-15(14)17(20)18-16(12)19/h2-5,7-10H,1,6H2,(H,18,19,20). The molecule has 1 aliphatic rings. The zero-order valence-electron chi connectivity index (χ0n) is 11.3. The van der Waals surface area contributed by atoms with Gasteiger partial charge in [-0.25, -0.2) is 0 Å². The summed E-state index contributed by atoms with van der Waals surface area (Å²) >= 11 is 0. The largest absolute Gasteiger partial charge is 0.456 e. The van der Waals surface area contributed by atoms with Crippen LogP contribution in [0.1, 0.15) is 26.3 Å². The summed E-state index contributed by atoms with van der Waals surface area (Å²) in [6.45, 7) is 3.72. The molecule has 0 aromatic heterocycles. The van der Waals surface area contributed by atoms with Crippen LogP contribution in [0.2, 0.25) is 0 Å². The third-order valence-electron chi connectivity index (χ3n) is 3.28. The molecule has 1 heterocycles. The second kappa shape index (κ2) is 5.25. The SMILES string of the molecule is C=CCc1ccccc1Oc1cccc2c1C(=O)NC2=O. The zero-order valence-corrected chi connectivity index (χ0v) is 11.3. The Labute approximate surface area is 122 Å². The highest BCUT2D eigenvalue weighted by atomic mass is 16.5. The van der Waals surface area contributed by atoms with E-state index in [-0.39, 0.29) is 11.5 Å². The van der Waals surface area contributed by atoms with Crippen molar-refractivity contribution in [3.8, 4) is 11.5 Å². The zero-order chi connectivity index (χ0) is 14.8. The fraction of sp³-hybridized carbons (Fsp3) is 0.0588. The third kappa shape index (κ3) is 2.31. The van der Waals surface area contributed by atoms with Crippen LogP contribution in [0.15, 0.2) is 55.1 Å². The smallest absolute Gasteiger partial charge is 0.262 e. The Morgan fingerprint density at radius 1 is 1.00 bits per heavy atom. The minimum absolute atomic E-state index is 0.288. The maximum Gasteiger partial charge on any atom is 0.262 e. The van der Waals surface area contributed by atoms with Crippen LogP contribution in [0.5, 0.6) is 11.5 Å². The summed E-state index contributed by atoms with van der Waals surface area (Å²) in [5.41, 5.74) is 1.60. The molecule has 0 spiro atoms. The van der Waals surface area contributed by atoms with E-state index in [4.69, 9.17) is 4.74 Å². The summed E-state index contributed by atoms with van der Waals surface area (Å²) in [5, 5.41) is 2.27. The number of amides is 2. The lowest BCUT2D eigenvalue weighted by atomic mass is 10.1. The molecule has 1 aliphatic heterocycles. The number of ether oxygens (including phenoxy) is 1. The molecule has 0 unspecified atom stereocenters. The van der Waals surface area contributed by atoms with Gasteiger partial charge in [-0.3, -0.25) is 14.9 Å². The Balaban J connectivity index is 2.03. The van der Waals surface area contributed by atoms with E-state index in [9.17, 15) is 9.59 Å². The predicted molar refractivity (Wildman–Crippen MR) is 78.7 cm³/mol. The Bertz CT molecular complexity index is 749. The summed E-state index contributed by atoms with van der Waals surface area (Å²) in [6.07, 6.45) is 2.45. The van der Waals surface area contributed by atoms with Gasteiger partial charge in [-0.1, -0.05) is 30.3 Å². The van der Waals surface area contributed by atoms with Crippen molar-refractivity contribution in [1.29, 1.82) is 0 Å². The second-order valence-corrected chi connectivity index (χ2v) is 4.66. The molecule has 4 heteroatoms. The number of rotatable bonds is 4. The molecule has 0 saturated heterocycles. The van der Waals surface area contributed by atoms with Gasteiger partial charge in [0, 0.05) is 0 Å². The molecule has 0 atom stereocenters. The van der Waals surface area contributed by atoms with Crippen molar-refractivity contribution in [3.63, 3.8) is 0 Å². The monoisotopic (exact) mass is 279 g/mol. The average molecular weight is 279 g/mol. The van der Waals surface area contributed by atoms with E-state index in [0.29, 0.717) is 23.5 Å². The van der Waals surface area contributed by atoms with E-state index >= 15 is 0 Å². The third-order valence-corrected chi connectivity index (χ3v) is 3.28. The molecule has 0 saturated carbocycles. The topological polar surface area (TPSA) is 55.4 Å². The van der Waals surface area contributed by atoms with Gasteiger partial charge < -0.3 is 4.74 Å². The molecule has 21 heavy (non-hydrogen) atoms. The van der Waals surface area contributed by atoms with Gasteiger partial charge in [0.25, 0.3) is 11.8 Å². The molecule has 0 aliphatic carbocycles. The van der Waals surface area contributed by atoms with Crippen molar-refractivity contribution in [1.82, 2.24) is 5.32 Å². The lowest BCUT2D eigenvalue weighted by Crippen LogP contribution is -2.20. The van der Waals surface area contributed by atoms with Crippen LogP contribution in [0.4, 0.5) is 0 Å². The summed E-state index contributed by atoms with van der Waals surface area (Å²) in [7, 11) is 0. The van der Waals surface area contributed by atoms with Crippen LogP contribution in [-0.2, 0) is 6.42 Å². The van der Waals surface area contributed by atoms with Gasteiger partial charge in [-0.15, -0.1) is 6.58 Å². The highest BCUT2D eigenvalue weighted by molar-refractivity contribution is 6.22. The van der Waals surface area contributed by atoms with Gasteiger partial charge in [0.15, 0.2) is 0 Å². The van der Waals surface area contributed by atoms with Crippen LogP contribution in [0.3, 0.4) is 0 Å². The number of allylic oxidation sites excluding steroid dienone is 1. The number of carbonyl (C=O) groups excluding carboxylic acids is 2. The van der Waals surface area contributed by atoms with Crippen molar-refractivity contribution >= 4 is 11.8 Å². The molecular weight excluding hydrogens is 266 g/mol. The molecule has 0 fully saturated rings. The van der Waals surface area contributed by atoms with Crippen LogP contribution in [0, 0.1) is 0 Å². The summed E-state index contributed by atoms with van der Waals surface area (Å²) < 4.78 is 5.86. The van der Waals surface area contributed by atoms with E-state index < -0.39 is 5.91 Å². The summed E-state index contributed by atoms with van der Waals surface area (Å²) in [4.78, 5) is 23.5. The quantitative estimate of drug-likeness (QED) is 0.691. The second-order valence-electron chi connectivity index (χ2n) is 4.66. The van der Waals surface area contributed by atoms with Crippen molar-refractivity contribution < 1.29 is 14.3 Å². The first kappa shape index (κ1) is 13.1. The van der Waals surface area contributed by atoms with Gasteiger partial charge in [-0.2, -0.15) is 0 Å². The number of carbonyl (C=O) groups is 2. The first-order valence-corrected chi connectivity index (χ1v) is 6.56. The van der Waals surface area contributed by atoms with Gasteiger partial charge in [-0.05, 0) is 30.2 Å². The molecule has 0 radical (unpaired) electrons. The van der Waals surface area contributed by atoms with Crippen molar-refractivity contribution in [2.24, 2.45) is 0 Å². The van der Waals surface area contributed by atoms with Crippen LogP contribution in [-0.4, -0.2) is 11.8 Å². The molecule has 2 aromatic carbocycles. The van der Waals surface area contributed by atoms with Gasteiger partial charge in [0.05, 0.1) is 11.1 Å². The maximum absolute atomic E-state index is 11.9. The molecule has 1 N–H and O–H groups in total. The minimum Gasteiger partial charge on any atom is -0.456 e. The highest BCUT2D eigenvalue weighted by Crippen LogP contribution is 2.32. The average Bonchev–Trinajstić information content (AvgIpc) is 2.77. The summed E-state index contributed by atoms with van der Waals surface area (Å²) in [6, 6.07) is 12.5. The number of para-hydroxylation sites is 1. The number of nitrogens with one attached hydrogen (secondary N) is 1. The minimum atomic E-state index is -0.424.